The number of aromatic nitrogens is 1. The molecule has 18 heavy (non-hydrogen) atoms. The van der Waals surface area contributed by atoms with Gasteiger partial charge in [-0.25, -0.2) is 4.98 Å². The van der Waals surface area contributed by atoms with Crippen LogP contribution in [-0.2, 0) is 6.42 Å². The van der Waals surface area contributed by atoms with Crippen molar-refractivity contribution in [3.63, 3.8) is 0 Å². The van der Waals surface area contributed by atoms with Crippen molar-refractivity contribution in [2.45, 2.75) is 26.3 Å². The number of nitrogens with zero attached hydrogens (tertiary/aromatic N) is 2. The van der Waals surface area contributed by atoms with Crippen LogP contribution >= 0.6 is 0 Å². The van der Waals surface area contributed by atoms with E-state index in [4.69, 9.17) is 4.74 Å². The summed E-state index contributed by atoms with van der Waals surface area (Å²) in [5.74, 6) is 0.761. The number of likely N-dealkylation sites (N-methyl/N-ethyl adjacent to an activating group) is 1. The minimum Gasteiger partial charge on any atom is -0.481 e. The van der Waals surface area contributed by atoms with Gasteiger partial charge in [0.05, 0.1) is 12.0 Å². The first-order valence-corrected chi connectivity index (χ1v) is 5.85. The fourth-order valence-corrected chi connectivity index (χ4v) is 1.78. The Morgan fingerprint density at radius 2 is 2.17 bits per heavy atom. The van der Waals surface area contributed by atoms with Gasteiger partial charge in [-0.05, 0) is 13.0 Å². The highest BCUT2D eigenvalue weighted by atomic mass is 16.6. The molecular formula is C12H19N3O3. The summed E-state index contributed by atoms with van der Waals surface area (Å²) in [6.07, 6.45) is 0.502. The largest absolute Gasteiger partial charge is 0.481 e. The van der Waals surface area contributed by atoms with Gasteiger partial charge in [-0.1, -0.05) is 13.8 Å². The molecule has 1 atom stereocenters. The molecule has 0 aliphatic carbocycles. The third-order valence-corrected chi connectivity index (χ3v) is 2.92. The lowest BCUT2D eigenvalue weighted by atomic mass is 9.98. The summed E-state index contributed by atoms with van der Waals surface area (Å²) in [6, 6.07) is 3.09. The third kappa shape index (κ3) is 3.40. The molecule has 0 bridgehead atoms. The fourth-order valence-electron chi connectivity index (χ4n) is 1.78. The lowest BCUT2D eigenvalue weighted by Crippen LogP contribution is -2.33. The molecule has 1 aromatic heterocycles. The predicted octanol–water partition coefficient (Wildman–Crippen LogP) is 1.78. The maximum Gasteiger partial charge on any atom is 0.291 e. The molecule has 0 aromatic carbocycles. The third-order valence-electron chi connectivity index (χ3n) is 2.92. The fraction of sp³-hybridized carbons (Fsp3) is 0.583. The lowest BCUT2D eigenvalue weighted by molar-refractivity contribution is -0.386. The number of ether oxygens (including phenoxy) is 1. The van der Waals surface area contributed by atoms with Crippen molar-refractivity contribution in [2.24, 2.45) is 5.92 Å². The summed E-state index contributed by atoms with van der Waals surface area (Å²) >= 11 is 0. The number of methoxy groups -OCH3 is 1. The number of rotatable bonds is 6. The van der Waals surface area contributed by atoms with Crippen LogP contribution in [0.5, 0.6) is 5.88 Å². The predicted molar refractivity (Wildman–Crippen MR) is 68.8 cm³/mol. The normalized spacial score (nSPS) is 12.5. The molecule has 0 spiro atoms. The molecule has 0 aliphatic heterocycles. The van der Waals surface area contributed by atoms with Crippen LogP contribution in [-0.4, -0.2) is 30.1 Å². The number of nitro groups is 1. The number of nitrogens with one attached hydrogen (secondary N) is 1. The average molecular weight is 253 g/mol. The van der Waals surface area contributed by atoms with E-state index in [1.54, 1.807) is 0 Å². The van der Waals surface area contributed by atoms with Gasteiger partial charge >= 0.3 is 0 Å². The Labute approximate surface area is 107 Å². The number of hydrogen-bond donors (Lipinski definition) is 1. The second-order valence-electron chi connectivity index (χ2n) is 4.42. The molecule has 100 valence electrons. The molecule has 0 radical (unpaired) electrons. The van der Waals surface area contributed by atoms with Gasteiger partial charge < -0.3 is 10.1 Å². The molecule has 6 heteroatoms. The van der Waals surface area contributed by atoms with Gasteiger partial charge in [-0.15, -0.1) is 0 Å². The maximum absolute atomic E-state index is 11.0. The maximum atomic E-state index is 11.0. The summed E-state index contributed by atoms with van der Waals surface area (Å²) in [5.41, 5.74) is 0.490. The van der Waals surface area contributed by atoms with Gasteiger partial charge in [0.25, 0.3) is 5.69 Å². The van der Waals surface area contributed by atoms with Crippen LogP contribution in [0.2, 0.25) is 0 Å². The summed E-state index contributed by atoms with van der Waals surface area (Å²) in [4.78, 5) is 14.7. The Kier molecular flexibility index (Phi) is 5.03. The van der Waals surface area contributed by atoms with E-state index in [9.17, 15) is 10.1 Å². The van der Waals surface area contributed by atoms with Crippen molar-refractivity contribution < 1.29 is 9.66 Å². The summed E-state index contributed by atoms with van der Waals surface area (Å²) in [6.45, 7) is 4.13. The molecule has 1 aromatic rings. The van der Waals surface area contributed by atoms with Gasteiger partial charge in [0.1, 0.15) is 5.69 Å². The average Bonchev–Trinajstić information content (AvgIpc) is 2.34. The van der Waals surface area contributed by atoms with Crippen molar-refractivity contribution in [3.8, 4) is 5.88 Å². The summed E-state index contributed by atoms with van der Waals surface area (Å²) < 4.78 is 5.01. The van der Waals surface area contributed by atoms with E-state index in [2.05, 4.69) is 24.1 Å². The Bertz CT molecular complexity index is 421. The lowest BCUT2D eigenvalue weighted by Gasteiger charge is -2.19. The molecule has 0 amide bonds. The standard InChI is InChI=1S/C12H19N3O3/c1-8(2)9(13-3)7-10-11(15(16)17)5-6-12(14-10)18-4/h5-6,8-9,13H,7H2,1-4H3. The first kappa shape index (κ1) is 14.4. The smallest absolute Gasteiger partial charge is 0.291 e. The Balaban J connectivity index is 3.07. The monoisotopic (exact) mass is 253 g/mol. The van der Waals surface area contributed by atoms with Gasteiger partial charge in [-0.2, -0.15) is 0 Å². The van der Waals surface area contributed by atoms with Crippen molar-refractivity contribution in [2.75, 3.05) is 14.2 Å². The second kappa shape index (κ2) is 6.30. The SMILES string of the molecule is CNC(Cc1nc(OC)ccc1[N+](=O)[O-])C(C)C. The van der Waals surface area contributed by atoms with E-state index < -0.39 is 4.92 Å². The van der Waals surface area contributed by atoms with E-state index in [1.807, 2.05) is 7.05 Å². The van der Waals surface area contributed by atoms with Gasteiger partial charge in [0, 0.05) is 24.6 Å². The molecule has 1 N–H and O–H groups in total. The molecular weight excluding hydrogens is 234 g/mol. The molecule has 1 rings (SSSR count). The first-order valence-electron chi connectivity index (χ1n) is 5.85. The minimum atomic E-state index is -0.408. The zero-order valence-electron chi connectivity index (χ0n) is 11.1. The Morgan fingerprint density at radius 3 is 2.61 bits per heavy atom. The highest BCUT2D eigenvalue weighted by Crippen LogP contribution is 2.22. The van der Waals surface area contributed by atoms with Crippen molar-refractivity contribution >= 4 is 5.69 Å². The number of hydrogen-bond acceptors (Lipinski definition) is 5. The van der Waals surface area contributed by atoms with Gasteiger partial charge in [-0.3, -0.25) is 10.1 Å². The minimum absolute atomic E-state index is 0.0386. The number of pyridine rings is 1. The van der Waals surface area contributed by atoms with E-state index in [0.29, 0.717) is 23.9 Å². The zero-order chi connectivity index (χ0) is 13.7. The van der Waals surface area contributed by atoms with E-state index in [0.717, 1.165) is 0 Å². The van der Waals surface area contributed by atoms with Crippen LogP contribution in [0.15, 0.2) is 12.1 Å². The summed E-state index contributed by atoms with van der Waals surface area (Å²) in [5, 5.41) is 14.1. The van der Waals surface area contributed by atoms with E-state index in [1.165, 1.54) is 19.2 Å². The molecule has 6 nitrogen and oxygen atoms in total. The van der Waals surface area contributed by atoms with Crippen LogP contribution in [0.4, 0.5) is 5.69 Å². The quantitative estimate of drug-likeness (QED) is 0.617. The van der Waals surface area contributed by atoms with Crippen molar-refractivity contribution in [1.82, 2.24) is 10.3 Å². The Hall–Kier alpha value is -1.69. The molecule has 1 heterocycles. The van der Waals surface area contributed by atoms with Gasteiger partial charge in [0.2, 0.25) is 5.88 Å². The Morgan fingerprint density at radius 1 is 1.50 bits per heavy atom. The molecule has 0 fully saturated rings. The van der Waals surface area contributed by atoms with Crippen LogP contribution in [0.25, 0.3) is 0 Å². The van der Waals surface area contributed by atoms with Crippen LogP contribution < -0.4 is 10.1 Å². The first-order chi connectivity index (χ1) is 8.49. The van der Waals surface area contributed by atoms with Crippen LogP contribution in [0.1, 0.15) is 19.5 Å². The highest BCUT2D eigenvalue weighted by molar-refractivity contribution is 5.38. The molecule has 1 unspecified atom stereocenters. The second-order valence-corrected chi connectivity index (χ2v) is 4.42. The summed E-state index contributed by atoms with van der Waals surface area (Å²) in [7, 11) is 3.34. The van der Waals surface area contributed by atoms with Crippen molar-refractivity contribution in [3.05, 3.63) is 27.9 Å². The highest BCUT2D eigenvalue weighted by Gasteiger charge is 2.21. The molecule has 0 saturated heterocycles. The zero-order valence-corrected chi connectivity index (χ0v) is 11.1. The van der Waals surface area contributed by atoms with E-state index in [-0.39, 0.29) is 11.7 Å². The van der Waals surface area contributed by atoms with Gasteiger partial charge in [0.15, 0.2) is 0 Å². The topological polar surface area (TPSA) is 77.3 Å². The molecule has 0 aliphatic rings. The van der Waals surface area contributed by atoms with Crippen LogP contribution in [0, 0.1) is 16.0 Å². The van der Waals surface area contributed by atoms with Crippen molar-refractivity contribution in [1.29, 1.82) is 0 Å². The van der Waals surface area contributed by atoms with E-state index >= 15 is 0 Å². The van der Waals surface area contributed by atoms with Crippen LogP contribution in [0.3, 0.4) is 0 Å². The molecule has 0 saturated carbocycles.